The first-order chi connectivity index (χ1) is 7.38. The van der Waals surface area contributed by atoms with E-state index in [1.165, 1.54) is 0 Å². The van der Waals surface area contributed by atoms with E-state index in [1.807, 2.05) is 0 Å². The summed E-state index contributed by atoms with van der Waals surface area (Å²) in [6.07, 6.45) is -3.58. The summed E-state index contributed by atoms with van der Waals surface area (Å²) in [7, 11) is 0. The van der Waals surface area contributed by atoms with E-state index < -0.39 is 11.7 Å². The van der Waals surface area contributed by atoms with Crippen molar-refractivity contribution in [2.75, 3.05) is 5.73 Å². The van der Waals surface area contributed by atoms with Gasteiger partial charge in [0.1, 0.15) is 5.78 Å². The minimum atomic E-state index is -4.38. The fraction of sp³-hybridized carbons (Fsp3) is 0.364. The zero-order valence-electron chi connectivity index (χ0n) is 8.40. The Kier molecular flexibility index (Phi) is 2.40. The number of ketones is 1. The van der Waals surface area contributed by atoms with Crippen molar-refractivity contribution in [3.8, 4) is 0 Å². The first-order valence-corrected chi connectivity index (χ1v) is 4.88. The molecule has 0 saturated carbocycles. The number of rotatable bonds is 0. The Bertz CT molecular complexity index is 451. The number of hydrogen-bond acceptors (Lipinski definition) is 2. The highest BCUT2D eigenvalue weighted by Gasteiger charge is 2.32. The van der Waals surface area contributed by atoms with Gasteiger partial charge >= 0.3 is 6.18 Å². The number of nitrogens with two attached hydrogens (primary N) is 1. The summed E-state index contributed by atoms with van der Waals surface area (Å²) in [6.45, 7) is 0. The quantitative estimate of drug-likeness (QED) is 0.694. The number of alkyl halides is 3. The molecular weight excluding hydrogens is 219 g/mol. The number of fused-ring (bicyclic) bond motifs is 1. The zero-order valence-corrected chi connectivity index (χ0v) is 8.40. The third kappa shape index (κ3) is 1.89. The molecule has 0 spiro atoms. The standard InChI is InChI=1S/C11H10F3NO/c12-11(13,14)7-3-6-1-2-8(16)5-9(6)10(15)4-7/h3-4H,1-2,5,15H2. The van der Waals surface area contributed by atoms with Crippen LogP contribution in [0.25, 0.3) is 0 Å². The van der Waals surface area contributed by atoms with Crippen LogP contribution in [-0.4, -0.2) is 5.78 Å². The molecule has 0 saturated heterocycles. The van der Waals surface area contributed by atoms with Crippen LogP contribution in [0.3, 0.4) is 0 Å². The molecule has 0 heterocycles. The van der Waals surface area contributed by atoms with Crippen molar-refractivity contribution in [3.05, 3.63) is 28.8 Å². The van der Waals surface area contributed by atoms with E-state index in [1.54, 1.807) is 0 Å². The SMILES string of the molecule is Nc1cc(C(F)(F)F)cc2c1CC(=O)CC2. The van der Waals surface area contributed by atoms with Crippen molar-refractivity contribution in [2.45, 2.75) is 25.4 Å². The lowest BCUT2D eigenvalue weighted by Crippen LogP contribution is -2.17. The largest absolute Gasteiger partial charge is 0.416 e. The molecule has 0 atom stereocenters. The molecule has 2 nitrogen and oxygen atoms in total. The highest BCUT2D eigenvalue weighted by atomic mass is 19.4. The van der Waals surface area contributed by atoms with Crippen LogP contribution in [-0.2, 0) is 23.8 Å². The average molecular weight is 229 g/mol. The Labute approximate surface area is 90.2 Å². The summed E-state index contributed by atoms with van der Waals surface area (Å²) in [4.78, 5) is 11.2. The number of hydrogen-bond donors (Lipinski definition) is 1. The van der Waals surface area contributed by atoms with Gasteiger partial charge in [0.05, 0.1) is 5.56 Å². The normalized spacial score (nSPS) is 16.1. The molecule has 0 fully saturated rings. The summed E-state index contributed by atoms with van der Waals surface area (Å²) >= 11 is 0. The van der Waals surface area contributed by atoms with Crippen LogP contribution in [0, 0.1) is 0 Å². The van der Waals surface area contributed by atoms with Crippen molar-refractivity contribution in [1.29, 1.82) is 0 Å². The average Bonchev–Trinajstić information content (AvgIpc) is 2.17. The lowest BCUT2D eigenvalue weighted by molar-refractivity contribution is -0.137. The monoisotopic (exact) mass is 229 g/mol. The lowest BCUT2D eigenvalue weighted by atomic mass is 9.88. The molecule has 0 aliphatic heterocycles. The fourth-order valence-corrected chi connectivity index (χ4v) is 1.92. The molecule has 0 radical (unpaired) electrons. The second-order valence-electron chi connectivity index (χ2n) is 3.92. The number of benzene rings is 1. The first-order valence-electron chi connectivity index (χ1n) is 4.88. The molecule has 1 aromatic carbocycles. The summed E-state index contributed by atoms with van der Waals surface area (Å²) in [5.41, 5.74) is 5.99. The zero-order chi connectivity index (χ0) is 11.9. The van der Waals surface area contributed by atoms with Gasteiger partial charge in [0.15, 0.2) is 0 Å². The minimum absolute atomic E-state index is 0.0268. The van der Waals surface area contributed by atoms with Crippen LogP contribution in [0.15, 0.2) is 12.1 Å². The maximum absolute atomic E-state index is 12.5. The van der Waals surface area contributed by atoms with Crippen molar-refractivity contribution in [1.82, 2.24) is 0 Å². The van der Waals surface area contributed by atoms with Crippen molar-refractivity contribution in [3.63, 3.8) is 0 Å². The van der Waals surface area contributed by atoms with Crippen LogP contribution in [0.2, 0.25) is 0 Å². The van der Waals surface area contributed by atoms with Crippen LogP contribution >= 0.6 is 0 Å². The highest BCUT2D eigenvalue weighted by Crippen LogP contribution is 2.35. The fourth-order valence-electron chi connectivity index (χ4n) is 1.92. The number of nitrogen functional groups attached to an aromatic ring is 1. The van der Waals surface area contributed by atoms with Crippen LogP contribution in [0.1, 0.15) is 23.1 Å². The van der Waals surface area contributed by atoms with Crippen LogP contribution in [0.4, 0.5) is 18.9 Å². The van der Waals surface area contributed by atoms with Gasteiger partial charge in [-0.25, -0.2) is 0 Å². The molecule has 1 aliphatic rings. The van der Waals surface area contributed by atoms with E-state index in [-0.39, 0.29) is 17.9 Å². The minimum Gasteiger partial charge on any atom is -0.398 e. The molecular formula is C11H10F3NO. The molecule has 16 heavy (non-hydrogen) atoms. The number of carbonyl (C=O) groups excluding carboxylic acids is 1. The maximum atomic E-state index is 12.5. The van der Waals surface area contributed by atoms with E-state index in [9.17, 15) is 18.0 Å². The second kappa shape index (κ2) is 3.50. The van der Waals surface area contributed by atoms with Gasteiger partial charge < -0.3 is 5.73 Å². The molecule has 2 rings (SSSR count). The van der Waals surface area contributed by atoms with E-state index in [2.05, 4.69) is 0 Å². The Morgan fingerprint density at radius 2 is 1.88 bits per heavy atom. The summed E-state index contributed by atoms with van der Waals surface area (Å²) < 4.78 is 37.5. The van der Waals surface area contributed by atoms with Crippen LogP contribution in [0.5, 0.6) is 0 Å². The Morgan fingerprint density at radius 1 is 1.19 bits per heavy atom. The van der Waals surface area contributed by atoms with Crippen LogP contribution < -0.4 is 5.73 Å². The predicted octanol–water partition coefficient (Wildman–Crippen LogP) is 2.35. The van der Waals surface area contributed by atoms with E-state index in [4.69, 9.17) is 5.73 Å². The molecule has 1 aromatic rings. The molecule has 0 bridgehead atoms. The third-order valence-corrected chi connectivity index (χ3v) is 2.75. The predicted molar refractivity (Wildman–Crippen MR) is 52.9 cm³/mol. The van der Waals surface area contributed by atoms with E-state index in [0.29, 0.717) is 24.0 Å². The van der Waals surface area contributed by atoms with Gasteiger partial charge in [-0.05, 0) is 29.7 Å². The van der Waals surface area contributed by atoms with Crippen molar-refractivity contribution < 1.29 is 18.0 Å². The maximum Gasteiger partial charge on any atom is 0.416 e. The molecule has 0 aromatic heterocycles. The van der Waals surface area contributed by atoms with Crippen molar-refractivity contribution in [2.24, 2.45) is 0 Å². The van der Waals surface area contributed by atoms with Crippen molar-refractivity contribution >= 4 is 11.5 Å². The molecule has 5 heteroatoms. The van der Waals surface area contributed by atoms with Gasteiger partial charge in [-0.2, -0.15) is 13.2 Å². The molecule has 2 N–H and O–H groups in total. The first kappa shape index (κ1) is 11.0. The van der Waals surface area contributed by atoms with E-state index >= 15 is 0 Å². The summed E-state index contributed by atoms with van der Waals surface area (Å²) in [6, 6.07) is 2.00. The number of Topliss-reactive ketones (excluding diaryl/α,β-unsaturated/α-hetero) is 1. The van der Waals surface area contributed by atoms with Gasteiger partial charge in [-0.15, -0.1) is 0 Å². The Balaban J connectivity index is 2.51. The summed E-state index contributed by atoms with van der Waals surface area (Å²) in [5, 5.41) is 0. The molecule has 86 valence electrons. The smallest absolute Gasteiger partial charge is 0.398 e. The number of carbonyl (C=O) groups is 1. The van der Waals surface area contributed by atoms with Gasteiger partial charge in [0.25, 0.3) is 0 Å². The van der Waals surface area contributed by atoms with Gasteiger partial charge in [-0.3, -0.25) is 4.79 Å². The second-order valence-corrected chi connectivity index (χ2v) is 3.92. The highest BCUT2D eigenvalue weighted by molar-refractivity contribution is 5.85. The Hall–Kier alpha value is -1.52. The Morgan fingerprint density at radius 3 is 2.50 bits per heavy atom. The summed E-state index contributed by atoms with van der Waals surface area (Å²) in [5.74, 6) is 0.0268. The van der Waals surface area contributed by atoms with Gasteiger partial charge in [0.2, 0.25) is 0 Å². The lowest BCUT2D eigenvalue weighted by Gasteiger charge is -2.19. The number of anilines is 1. The van der Waals surface area contributed by atoms with Gasteiger partial charge in [-0.1, -0.05) is 0 Å². The molecule has 0 unspecified atom stereocenters. The third-order valence-electron chi connectivity index (χ3n) is 2.75. The topological polar surface area (TPSA) is 43.1 Å². The molecule has 1 aliphatic carbocycles. The number of halogens is 3. The molecule has 0 amide bonds. The van der Waals surface area contributed by atoms with Gasteiger partial charge in [0, 0.05) is 18.5 Å². The number of aryl methyl sites for hydroxylation is 1. The van der Waals surface area contributed by atoms with E-state index in [0.717, 1.165) is 12.1 Å².